The Bertz CT molecular complexity index is 939. The lowest BCUT2D eigenvalue weighted by molar-refractivity contribution is -0.143. The molecule has 0 aromatic rings. The zero-order chi connectivity index (χ0) is 45.8. The number of aliphatic hydroxyl groups excluding tert-OH is 2. The van der Waals surface area contributed by atoms with Gasteiger partial charge in [0.1, 0.15) is 0 Å². The van der Waals surface area contributed by atoms with Crippen LogP contribution in [0.25, 0.3) is 0 Å². The highest BCUT2D eigenvalue weighted by Gasteiger charge is 2.20. The van der Waals surface area contributed by atoms with E-state index in [0.29, 0.717) is 25.9 Å². The molecule has 63 heavy (non-hydrogen) atoms. The van der Waals surface area contributed by atoms with Crippen LogP contribution >= 0.6 is 0 Å². The minimum Gasteiger partial charge on any atom is -0.466 e. The first-order valence-corrected chi connectivity index (χ1v) is 28.4. The van der Waals surface area contributed by atoms with Crippen LogP contribution in [0.3, 0.4) is 0 Å². The second-order valence-electron chi connectivity index (χ2n) is 19.6. The molecule has 374 valence electrons. The maximum atomic E-state index is 12.4. The largest absolute Gasteiger partial charge is 0.466 e. The molecule has 0 aliphatic rings. The highest BCUT2D eigenvalue weighted by atomic mass is 16.5. The van der Waals surface area contributed by atoms with E-state index >= 15 is 0 Å². The molecule has 0 fully saturated rings. The Kier molecular flexibility index (Phi) is 52.0. The molecule has 0 heterocycles. The van der Waals surface area contributed by atoms with E-state index in [9.17, 15) is 19.8 Å². The number of nitrogens with one attached hydrogen (secondary N) is 1. The van der Waals surface area contributed by atoms with Crippen molar-refractivity contribution in [2.75, 3.05) is 13.2 Å². The van der Waals surface area contributed by atoms with E-state index in [-0.39, 0.29) is 18.5 Å². The Morgan fingerprint density at radius 2 is 0.746 bits per heavy atom. The van der Waals surface area contributed by atoms with Crippen molar-refractivity contribution in [1.29, 1.82) is 0 Å². The standard InChI is InChI=1S/C57H111NO5/c1-3-5-7-9-11-13-15-16-27-31-35-39-43-47-51-57(62)63-52-48-44-40-36-32-28-25-23-21-19-17-18-20-22-24-26-30-34-38-42-46-50-56(61)58-54(53-59)55(60)49-45-41-37-33-29-14-12-10-8-6-4-2/h18,20,54-55,59-60H,3-17,19,21-53H2,1-2H3,(H,58,61)/b20-18-. The van der Waals surface area contributed by atoms with Crippen LogP contribution in [0.5, 0.6) is 0 Å². The van der Waals surface area contributed by atoms with Crippen LogP contribution in [0.15, 0.2) is 12.2 Å². The third-order valence-electron chi connectivity index (χ3n) is 13.3. The molecule has 0 saturated carbocycles. The van der Waals surface area contributed by atoms with Gasteiger partial charge in [-0.25, -0.2) is 0 Å². The van der Waals surface area contributed by atoms with Crippen LogP contribution < -0.4 is 5.32 Å². The van der Waals surface area contributed by atoms with Crippen molar-refractivity contribution < 1.29 is 24.5 Å². The number of carbonyl (C=O) groups excluding carboxylic acids is 2. The topological polar surface area (TPSA) is 95.9 Å². The third-order valence-corrected chi connectivity index (χ3v) is 13.3. The molecule has 0 aromatic heterocycles. The van der Waals surface area contributed by atoms with E-state index in [2.05, 4.69) is 31.3 Å². The number of amides is 1. The van der Waals surface area contributed by atoms with Gasteiger partial charge in [-0.2, -0.15) is 0 Å². The van der Waals surface area contributed by atoms with E-state index < -0.39 is 12.1 Å². The van der Waals surface area contributed by atoms with E-state index in [1.807, 2.05) is 0 Å². The van der Waals surface area contributed by atoms with Gasteiger partial charge in [0.05, 0.1) is 25.4 Å². The predicted molar refractivity (Wildman–Crippen MR) is 273 cm³/mol. The fourth-order valence-corrected chi connectivity index (χ4v) is 8.93. The molecule has 6 heteroatoms. The molecule has 0 bridgehead atoms. The molecule has 0 aromatic carbocycles. The number of allylic oxidation sites excluding steroid dienone is 2. The number of unbranched alkanes of at least 4 members (excludes halogenated alkanes) is 40. The second kappa shape index (κ2) is 53.2. The average Bonchev–Trinajstić information content (AvgIpc) is 3.28. The number of esters is 1. The van der Waals surface area contributed by atoms with Gasteiger partial charge >= 0.3 is 5.97 Å². The summed E-state index contributed by atoms with van der Waals surface area (Å²) in [5, 5.41) is 23.2. The lowest BCUT2D eigenvalue weighted by atomic mass is 10.0. The highest BCUT2D eigenvalue weighted by Crippen LogP contribution is 2.17. The van der Waals surface area contributed by atoms with Gasteiger partial charge in [0.15, 0.2) is 0 Å². The van der Waals surface area contributed by atoms with Crippen LogP contribution in [-0.2, 0) is 14.3 Å². The smallest absolute Gasteiger partial charge is 0.305 e. The molecule has 0 aliphatic heterocycles. The first-order valence-electron chi connectivity index (χ1n) is 28.4. The van der Waals surface area contributed by atoms with Crippen LogP contribution in [0, 0.1) is 0 Å². The minimum absolute atomic E-state index is 0.0107. The van der Waals surface area contributed by atoms with Gasteiger partial charge in [-0.1, -0.05) is 264 Å². The Balaban J connectivity index is 3.39. The van der Waals surface area contributed by atoms with E-state index in [4.69, 9.17) is 4.74 Å². The second-order valence-corrected chi connectivity index (χ2v) is 19.6. The predicted octanol–water partition coefficient (Wildman–Crippen LogP) is 17.3. The number of carbonyl (C=O) groups is 2. The van der Waals surface area contributed by atoms with Crippen LogP contribution in [-0.4, -0.2) is 47.4 Å². The monoisotopic (exact) mass is 890 g/mol. The van der Waals surface area contributed by atoms with E-state index in [0.717, 1.165) is 38.5 Å². The number of hydrogen-bond donors (Lipinski definition) is 3. The highest BCUT2D eigenvalue weighted by molar-refractivity contribution is 5.76. The average molecular weight is 891 g/mol. The molecule has 0 rings (SSSR count). The summed E-state index contributed by atoms with van der Waals surface area (Å²) in [6.45, 7) is 4.95. The Morgan fingerprint density at radius 1 is 0.429 bits per heavy atom. The lowest BCUT2D eigenvalue weighted by Crippen LogP contribution is -2.45. The lowest BCUT2D eigenvalue weighted by Gasteiger charge is -2.22. The van der Waals surface area contributed by atoms with Crippen molar-refractivity contribution >= 4 is 11.9 Å². The van der Waals surface area contributed by atoms with E-state index in [1.165, 1.54) is 244 Å². The summed E-state index contributed by atoms with van der Waals surface area (Å²) in [5.41, 5.74) is 0. The molecular weight excluding hydrogens is 779 g/mol. The number of aliphatic hydroxyl groups is 2. The van der Waals surface area contributed by atoms with Crippen molar-refractivity contribution in [3.05, 3.63) is 12.2 Å². The third kappa shape index (κ3) is 49.9. The van der Waals surface area contributed by atoms with Crippen molar-refractivity contribution in [3.63, 3.8) is 0 Å². The van der Waals surface area contributed by atoms with Gasteiger partial charge in [0.25, 0.3) is 0 Å². The maximum Gasteiger partial charge on any atom is 0.305 e. The molecule has 3 N–H and O–H groups in total. The molecule has 1 amide bonds. The zero-order valence-corrected chi connectivity index (χ0v) is 42.6. The quantitative estimate of drug-likeness (QED) is 0.0321. The van der Waals surface area contributed by atoms with Crippen molar-refractivity contribution in [3.8, 4) is 0 Å². The maximum absolute atomic E-state index is 12.4. The first-order chi connectivity index (χ1) is 31.0. The first kappa shape index (κ1) is 61.6. The van der Waals surface area contributed by atoms with Crippen molar-refractivity contribution in [1.82, 2.24) is 5.32 Å². The summed E-state index contributed by atoms with van der Waals surface area (Å²) in [5.74, 6) is -0.0321. The number of rotatable bonds is 53. The SMILES string of the molecule is CCCCCCCCCCCCCCCCC(=O)OCCCCCCCCCCCC/C=C\CCCCCCCCCC(=O)NC(CO)C(O)CCCCCCCCCCCCC. The Morgan fingerprint density at radius 3 is 1.13 bits per heavy atom. The van der Waals surface area contributed by atoms with Gasteiger partial charge in [0.2, 0.25) is 5.91 Å². The van der Waals surface area contributed by atoms with Gasteiger partial charge < -0.3 is 20.3 Å². The molecule has 6 nitrogen and oxygen atoms in total. The van der Waals surface area contributed by atoms with Crippen LogP contribution in [0.4, 0.5) is 0 Å². The van der Waals surface area contributed by atoms with Crippen LogP contribution in [0.2, 0.25) is 0 Å². The summed E-state index contributed by atoms with van der Waals surface area (Å²) < 4.78 is 5.48. The fourth-order valence-electron chi connectivity index (χ4n) is 8.93. The molecule has 2 atom stereocenters. The molecule has 0 aliphatic carbocycles. The van der Waals surface area contributed by atoms with Crippen molar-refractivity contribution in [2.45, 2.75) is 328 Å². The molecular formula is C57H111NO5. The summed E-state index contributed by atoms with van der Waals surface area (Å²) in [6, 6.07) is -0.545. The Hall–Kier alpha value is -1.40. The normalized spacial score (nSPS) is 12.6. The zero-order valence-electron chi connectivity index (χ0n) is 42.6. The molecule has 0 saturated heterocycles. The van der Waals surface area contributed by atoms with Gasteiger partial charge in [-0.05, 0) is 51.4 Å². The van der Waals surface area contributed by atoms with Crippen LogP contribution in [0.1, 0.15) is 316 Å². The minimum atomic E-state index is -0.666. The Labute approximate surface area is 393 Å². The number of hydrogen-bond acceptors (Lipinski definition) is 5. The van der Waals surface area contributed by atoms with Gasteiger partial charge in [-0.3, -0.25) is 9.59 Å². The molecule has 2 unspecified atom stereocenters. The molecule has 0 spiro atoms. The summed E-state index contributed by atoms with van der Waals surface area (Å²) in [7, 11) is 0. The number of ether oxygens (including phenoxy) is 1. The fraction of sp³-hybridized carbons (Fsp3) is 0.930. The van der Waals surface area contributed by atoms with E-state index in [1.54, 1.807) is 0 Å². The summed E-state index contributed by atoms with van der Waals surface area (Å²) in [4.78, 5) is 24.5. The van der Waals surface area contributed by atoms with Gasteiger partial charge in [-0.15, -0.1) is 0 Å². The van der Waals surface area contributed by atoms with Gasteiger partial charge in [0, 0.05) is 12.8 Å². The van der Waals surface area contributed by atoms with Crippen molar-refractivity contribution in [2.24, 2.45) is 0 Å². The summed E-state index contributed by atoms with van der Waals surface area (Å²) >= 11 is 0. The molecule has 0 radical (unpaired) electrons. The summed E-state index contributed by atoms with van der Waals surface area (Å²) in [6.07, 6.45) is 62.0.